The van der Waals surface area contributed by atoms with Crippen LogP contribution in [0.3, 0.4) is 0 Å². The van der Waals surface area contributed by atoms with Crippen molar-refractivity contribution in [3.63, 3.8) is 0 Å². The lowest BCUT2D eigenvalue weighted by Crippen LogP contribution is -2.43. The van der Waals surface area contributed by atoms with Crippen molar-refractivity contribution in [1.82, 2.24) is 20.4 Å². The van der Waals surface area contributed by atoms with E-state index < -0.39 is 11.6 Å². The molecule has 7 heteroatoms. The number of amides is 4. The fraction of sp³-hybridized carbons (Fsp3) is 0.423. The monoisotopic (exact) mass is 446 g/mol. The van der Waals surface area contributed by atoms with Crippen LogP contribution in [0.4, 0.5) is 4.79 Å². The molecule has 2 aromatic carbocycles. The van der Waals surface area contributed by atoms with Gasteiger partial charge in [-0.25, -0.2) is 4.79 Å². The predicted octanol–water partition coefficient (Wildman–Crippen LogP) is 2.68. The number of nitrogens with one attached hydrogen (secondary N) is 2. The predicted molar refractivity (Wildman–Crippen MR) is 124 cm³/mol. The molecule has 2 fully saturated rings. The molecule has 7 nitrogen and oxygen atoms in total. The second-order valence-corrected chi connectivity index (χ2v) is 9.31. The maximum absolute atomic E-state index is 13.2. The van der Waals surface area contributed by atoms with Gasteiger partial charge in [-0.1, -0.05) is 55.0 Å². The van der Waals surface area contributed by atoms with Gasteiger partial charge in [-0.2, -0.15) is 0 Å². The van der Waals surface area contributed by atoms with Gasteiger partial charge >= 0.3 is 6.03 Å². The zero-order valence-electron chi connectivity index (χ0n) is 18.8. The number of carbonyl (C=O) groups is 3. The zero-order chi connectivity index (χ0) is 22.8. The highest BCUT2D eigenvalue weighted by Crippen LogP contribution is 2.41. The second-order valence-electron chi connectivity index (χ2n) is 9.31. The molecular formula is C26H30N4O3. The molecule has 1 aliphatic carbocycles. The lowest BCUT2D eigenvalue weighted by Gasteiger charge is -2.26. The van der Waals surface area contributed by atoms with Crippen LogP contribution in [0.1, 0.15) is 47.9 Å². The Labute approximate surface area is 194 Å². The summed E-state index contributed by atoms with van der Waals surface area (Å²) in [6, 6.07) is 15.4. The molecule has 2 N–H and O–H groups in total. The maximum Gasteiger partial charge on any atom is 0.325 e. The summed E-state index contributed by atoms with van der Waals surface area (Å²) in [6.45, 7) is 3.37. The lowest BCUT2D eigenvalue weighted by molar-refractivity contribution is -0.135. The fourth-order valence-electron chi connectivity index (χ4n) is 5.27. The molecule has 1 atom stereocenters. The van der Waals surface area contributed by atoms with Crippen LogP contribution in [0.25, 0.3) is 0 Å². The third-order valence-corrected chi connectivity index (χ3v) is 7.09. The van der Waals surface area contributed by atoms with Gasteiger partial charge in [-0.3, -0.25) is 19.4 Å². The molecule has 0 aromatic heterocycles. The van der Waals surface area contributed by atoms with E-state index in [4.69, 9.17) is 0 Å². The Balaban J connectivity index is 1.15. The molecule has 4 amide bonds. The minimum atomic E-state index is -1.03. The summed E-state index contributed by atoms with van der Waals surface area (Å²) in [5.41, 5.74) is 3.15. The van der Waals surface area contributed by atoms with E-state index in [0.717, 1.165) is 47.6 Å². The number of piperidine rings is 1. The Hall–Kier alpha value is -3.19. The van der Waals surface area contributed by atoms with Crippen LogP contribution in [0.2, 0.25) is 0 Å². The highest BCUT2D eigenvalue weighted by atomic mass is 16.2. The molecule has 2 aliphatic heterocycles. The average molecular weight is 447 g/mol. The number of imide groups is 1. The summed E-state index contributed by atoms with van der Waals surface area (Å²) in [4.78, 5) is 41.8. The van der Waals surface area contributed by atoms with Crippen molar-refractivity contribution in [2.24, 2.45) is 0 Å². The first-order valence-electron chi connectivity index (χ1n) is 11.8. The molecule has 2 heterocycles. The SMILES string of the molecule is O=C(CN1C(=O)NC2(CCc3ccccc32)C1=O)NCc1ccc(CN2CCCCC2)cc1. The number of likely N-dealkylation sites (tertiary alicyclic amines) is 1. The molecular weight excluding hydrogens is 416 g/mol. The van der Waals surface area contributed by atoms with Gasteiger partial charge < -0.3 is 10.6 Å². The normalized spacial score (nSPS) is 22.5. The maximum atomic E-state index is 13.2. The van der Waals surface area contributed by atoms with Crippen molar-refractivity contribution in [3.8, 4) is 0 Å². The van der Waals surface area contributed by atoms with E-state index in [1.54, 1.807) is 0 Å². The van der Waals surface area contributed by atoms with E-state index in [1.807, 2.05) is 36.4 Å². The van der Waals surface area contributed by atoms with E-state index in [2.05, 4.69) is 27.7 Å². The first kappa shape index (κ1) is 21.6. The number of nitrogens with zero attached hydrogens (tertiary/aromatic N) is 2. The molecule has 0 bridgehead atoms. The summed E-state index contributed by atoms with van der Waals surface area (Å²) in [5.74, 6) is -0.686. The van der Waals surface area contributed by atoms with Crippen LogP contribution < -0.4 is 10.6 Å². The van der Waals surface area contributed by atoms with Gasteiger partial charge in [0.15, 0.2) is 0 Å². The molecule has 0 radical (unpaired) electrons. The number of carbonyl (C=O) groups excluding carboxylic acids is 3. The highest BCUT2D eigenvalue weighted by Gasteiger charge is 2.55. The molecule has 1 spiro atoms. The van der Waals surface area contributed by atoms with Crippen LogP contribution >= 0.6 is 0 Å². The summed E-state index contributed by atoms with van der Waals surface area (Å²) < 4.78 is 0. The zero-order valence-corrected chi connectivity index (χ0v) is 18.8. The number of fused-ring (bicyclic) bond motifs is 2. The largest absolute Gasteiger partial charge is 0.350 e. The molecule has 1 unspecified atom stereocenters. The lowest BCUT2D eigenvalue weighted by atomic mass is 9.92. The first-order valence-corrected chi connectivity index (χ1v) is 11.8. The Morgan fingerprint density at radius 1 is 0.970 bits per heavy atom. The molecule has 5 rings (SSSR count). The van der Waals surface area contributed by atoms with Crippen LogP contribution in [0, 0.1) is 0 Å². The van der Waals surface area contributed by atoms with Gasteiger partial charge in [0.05, 0.1) is 0 Å². The minimum absolute atomic E-state index is 0.276. The number of rotatable bonds is 6. The Bertz CT molecular complexity index is 1060. The van der Waals surface area contributed by atoms with Crippen molar-refractivity contribution in [2.45, 2.75) is 50.7 Å². The molecule has 2 aromatic rings. The Morgan fingerprint density at radius 3 is 2.48 bits per heavy atom. The van der Waals surface area contributed by atoms with E-state index >= 15 is 0 Å². The molecule has 0 saturated carbocycles. The van der Waals surface area contributed by atoms with Gasteiger partial charge in [0.1, 0.15) is 12.1 Å². The van der Waals surface area contributed by atoms with Crippen molar-refractivity contribution in [1.29, 1.82) is 0 Å². The van der Waals surface area contributed by atoms with Gasteiger partial charge in [0.2, 0.25) is 5.91 Å². The van der Waals surface area contributed by atoms with Crippen LogP contribution in [-0.4, -0.2) is 47.3 Å². The third-order valence-electron chi connectivity index (χ3n) is 7.09. The minimum Gasteiger partial charge on any atom is -0.350 e. The van der Waals surface area contributed by atoms with Gasteiger partial charge in [-0.05, 0) is 61.0 Å². The van der Waals surface area contributed by atoms with E-state index in [1.165, 1.54) is 24.8 Å². The van der Waals surface area contributed by atoms with Crippen LogP contribution in [0.15, 0.2) is 48.5 Å². The summed E-state index contributed by atoms with van der Waals surface area (Å²) in [6.07, 6.45) is 5.13. The summed E-state index contributed by atoms with van der Waals surface area (Å²) >= 11 is 0. The van der Waals surface area contributed by atoms with E-state index in [0.29, 0.717) is 13.0 Å². The Morgan fingerprint density at radius 2 is 1.70 bits per heavy atom. The topological polar surface area (TPSA) is 81.8 Å². The number of hydrogen-bond acceptors (Lipinski definition) is 4. The Kier molecular flexibility index (Phi) is 5.89. The van der Waals surface area contributed by atoms with Crippen molar-refractivity contribution in [2.75, 3.05) is 19.6 Å². The van der Waals surface area contributed by atoms with Crippen molar-refractivity contribution < 1.29 is 14.4 Å². The van der Waals surface area contributed by atoms with Crippen LogP contribution in [0.5, 0.6) is 0 Å². The number of benzene rings is 2. The smallest absolute Gasteiger partial charge is 0.325 e. The highest BCUT2D eigenvalue weighted by molar-refractivity contribution is 6.09. The fourth-order valence-corrected chi connectivity index (χ4v) is 5.27. The van der Waals surface area contributed by atoms with Crippen molar-refractivity contribution in [3.05, 3.63) is 70.8 Å². The summed E-state index contributed by atoms with van der Waals surface area (Å²) in [5, 5.41) is 5.70. The third kappa shape index (κ3) is 4.25. The molecule has 172 valence electrons. The molecule has 3 aliphatic rings. The summed E-state index contributed by atoms with van der Waals surface area (Å²) in [7, 11) is 0. The number of hydrogen-bond donors (Lipinski definition) is 2. The van der Waals surface area contributed by atoms with Crippen LogP contribution in [-0.2, 0) is 34.6 Å². The molecule has 2 saturated heterocycles. The van der Waals surface area contributed by atoms with Gasteiger partial charge in [-0.15, -0.1) is 0 Å². The van der Waals surface area contributed by atoms with Gasteiger partial charge in [0.25, 0.3) is 5.91 Å². The molecule has 33 heavy (non-hydrogen) atoms. The number of aryl methyl sites for hydroxylation is 1. The van der Waals surface area contributed by atoms with E-state index in [9.17, 15) is 14.4 Å². The van der Waals surface area contributed by atoms with Crippen molar-refractivity contribution >= 4 is 17.8 Å². The second kappa shape index (κ2) is 8.98. The first-order chi connectivity index (χ1) is 16.0. The average Bonchev–Trinajstić information content (AvgIpc) is 3.32. The van der Waals surface area contributed by atoms with Gasteiger partial charge in [0, 0.05) is 13.1 Å². The standard InChI is InChI=1S/C26H30N4O3/c31-23(27-16-19-8-10-20(11-9-19)17-29-14-4-1-5-15-29)18-30-24(32)26(28-25(30)33)13-12-21-6-2-3-7-22(21)26/h2-3,6-11H,1,4-5,12-18H2,(H,27,31)(H,28,33). The number of urea groups is 1. The van der Waals surface area contributed by atoms with E-state index in [-0.39, 0.29) is 18.4 Å². The quantitative estimate of drug-likeness (QED) is 0.669.